The molecule has 0 unspecified atom stereocenters. The highest BCUT2D eigenvalue weighted by molar-refractivity contribution is 5.79. The van der Waals surface area contributed by atoms with Crippen LogP contribution in [0.25, 0.3) is 11.1 Å². The van der Waals surface area contributed by atoms with Crippen LogP contribution in [0.5, 0.6) is 0 Å². The van der Waals surface area contributed by atoms with Crippen LogP contribution in [-0.4, -0.2) is 41.8 Å². The van der Waals surface area contributed by atoms with Crippen molar-refractivity contribution in [2.24, 2.45) is 0 Å². The number of alkyl carbamates (subject to hydrolysis) is 1. The summed E-state index contributed by atoms with van der Waals surface area (Å²) in [4.78, 5) is 34.9. The molecule has 0 aromatic heterocycles. The van der Waals surface area contributed by atoms with Crippen LogP contribution in [0, 0.1) is 0 Å². The molecular weight excluding hydrogens is 408 g/mol. The first-order chi connectivity index (χ1) is 15.3. The fourth-order valence-electron chi connectivity index (χ4n) is 3.96. The fraction of sp³-hybridized carbons (Fsp3) is 0.400. The van der Waals surface area contributed by atoms with Crippen molar-refractivity contribution < 1.29 is 24.2 Å². The largest absolute Gasteiger partial charge is 0.481 e. The van der Waals surface area contributed by atoms with Crippen LogP contribution < -0.4 is 10.6 Å². The third-order valence-electron chi connectivity index (χ3n) is 5.65. The second kappa shape index (κ2) is 10.3. The third-order valence-corrected chi connectivity index (χ3v) is 5.65. The van der Waals surface area contributed by atoms with Gasteiger partial charge in [-0.2, -0.15) is 0 Å². The first kappa shape index (κ1) is 23.3. The standard InChI is InChI=1S/C25H30N2O5/c1-25(2,14-13-22(28)26-15-7-12-23(29)30)27-24(31)32-16-21-19-10-5-3-8-17(19)18-9-4-6-11-20(18)21/h3-6,8-11,21H,7,12-16H2,1-2H3,(H,26,28)(H,27,31)(H,29,30). The molecule has 0 radical (unpaired) electrons. The second-order valence-corrected chi connectivity index (χ2v) is 8.68. The number of aliphatic carboxylic acids is 1. The molecule has 0 bridgehead atoms. The normalized spacial score (nSPS) is 12.6. The van der Waals surface area contributed by atoms with E-state index in [9.17, 15) is 14.4 Å². The van der Waals surface area contributed by atoms with Crippen LogP contribution in [0.3, 0.4) is 0 Å². The van der Waals surface area contributed by atoms with E-state index in [1.54, 1.807) is 0 Å². The van der Waals surface area contributed by atoms with Crippen LogP contribution >= 0.6 is 0 Å². The van der Waals surface area contributed by atoms with Crippen LogP contribution in [0.4, 0.5) is 4.79 Å². The maximum absolute atomic E-state index is 12.5. The SMILES string of the molecule is CC(C)(CCC(=O)NCCCC(=O)O)NC(=O)OCC1c2ccccc2-c2ccccc21. The van der Waals surface area contributed by atoms with Crippen molar-refractivity contribution in [1.29, 1.82) is 0 Å². The Balaban J connectivity index is 1.47. The molecule has 2 aromatic rings. The van der Waals surface area contributed by atoms with E-state index in [-0.39, 0.29) is 31.3 Å². The average molecular weight is 439 g/mol. The number of hydrogen-bond donors (Lipinski definition) is 3. The molecule has 3 rings (SSSR count). The summed E-state index contributed by atoms with van der Waals surface area (Å²) in [5.74, 6) is -1.06. The first-order valence-corrected chi connectivity index (χ1v) is 10.9. The lowest BCUT2D eigenvalue weighted by atomic mass is 9.98. The third kappa shape index (κ3) is 6.09. The van der Waals surface area contributed by atoms with Crippen molar-refractivity contribution in [3.05, 3.63) is 59.7 Å². The van der Waals surface area contributed by atoms with Gasteiger partial charge < -0.3 is 20.5 Å². The molecule has 2 amide bonds. The summed E-state index contributed by atoms with van der Waals surface area (Å²) in [5, 5.41) is 14.2. The van der Waals surface area contributed by atoms with Crippen LogP contribution in [0.15, 0.2) is 48.5 Å². The molecule has 7 nitrogen and oxygen atoms in total. The Hall–Kier alpha value is -3.35. The predicted molar refractivity (Wildman–Crippen MR) is 121 cm³/mol. The summed E-state index contributed by atoms with van der Waals surface area (Å²) in [6, 6.07) is 16.3. The van der Waals surface area contributed by atoms with Gasteiger partial charge in [0.2, 0.25) is 5.91 Å². The van der Waals surface area contributed by atoms with Gasteiger partial charge in [-0.05, 0) is 48.9 Å². The quantitative estimate of drug-likeness (QED) is 0.485. The van der Waals surface area contributed by atoms with Crippen LogP contribution in [-0.2, 0) is 14.3 Å². The Morgan fingerprint density at radius 2 is 1.56 bits per heavy atom. The number of carboxylic acids is 1. The molecule has 1 aliphatic carbocycles. The van der Waals surface area contributed by atoms with Gasteiger partial charge in [-0.15, -0.1) is 0 Å². The average Bonchev–Trinajstić information content (AvgIpc) is 3.07. The Bertz CT molecular complexity index is 940. The molecule has 3 N–H and O–H groups in total. The van der Waals surface area contributed by atoms with E-state index in [2.05, 4.69) is 34.9 Å². The molecule has 0 saturated carbocycles. The molecule has 170 valence electrons. The molecular formula is C25H30N2O5. The van der Waals surface area contributed by atoms with Gasteiger partial charge in [-0.1, -0.05) is 48.5 Å². The van der Waals surface area contributed by atoms with E-state index in [1.807, 2.05) is 38.1 Å². The number of carbonyl (C=O) groups excluding carboxylic acids is 2. The van der Waals surface area contributed by atoms with Crippen LogP contribution in [0.1, 0.15) is 56.6 Å². The molecule has 32 heavy (non-hydrogen) atoms. The molecule has 0 fully saturated rings. The Kier molecular flexibility index (Phi) is 7.51. The lowest BCUT2D eigenvalue weighted by molar-refractivity contribution is -0.137. The van der Waals surface area contributed by atoms with Gasteiger partial charge in [0.15, 0.2) is 0 Å². The second-order valence-electron chi connectivity index (χ2n) is 8.68. The fourth-order valence-corrected chi connectivity index (χ4v) is 3.96. The summed E-state index contributed by atoms with van der Waals surface area (Å²) in [7, 11) is 0. The van der Waals surface area contributed by atoms with Gasteiger partial charge in [-0.25, -0.2) is 4.79 Å². The van der Waals surface area contributed by atoms with Gasteiger partial charge in [0.25, 0.3) is 0 Å². The number of ether oxygens (including phenoxy) is 1. The molecule has 0 spiro atoms. The molecule has 1 aliphatic rings. The van der Waals surface area contributed by atoms with E-state index in [1.165, 1.54) is 11.1 Å². The number of carboxylic acid groups (broad SMARTS) is 1. The van der Waals surface area contributed by atoms with E-state index >= 15 is 0 Å². The zero-order valence-corrected chi connectivity index (χ0v) is 18.5. The Morgan fingerprint density at radius 1 is 0.969 bits per heavy atom. The molecule has 0 heterocycles. The summed E-state index contributed by atoms with van der Waals surface area (Å²) in [5.41, 5.74) is 4.03. The van der Waals surface area contributed by atoms with Crippen molar-refractivity contribution in [2.75, 3.05) is 13.2 Å². The zero-order valence-electron chi connectivity index (χ0n) is 18.5. The number of rotatable bonds is 10. The van der Waals surface area contributed by atoms with E-state index in [0.717, 1.165) is 11.1 Å². The topological polar surface area (TPSA) is 105 Å². The van der Waals surface area contributed by atoms with Gasteiger partial charge in [0, 0.05) is 30.8 Å². The Morgan fingerprint density at radius 3 is 2.16 bits per heavy atom. The predicted octanol–water partition coefficient (Wildman–Crippen LogP) is 4.06. The highest BCUT2D eigenvalue weighted by atomic mass is 16.5. The highest BCUT2D eigenvalue weighted by Crippen LogP contribution is 2.44. The zero-order chi connectivity index (χ0) is 23.1. The van der Waals surface area contributed by atoms with Crippen molar-refractivity contribution in [1.82, 2.24) is 10.6 Å². The highest BCUT2D eigenvalue weighted by Gasteiger charge is 2.30. The molecule has 0 saturated heterocycles. The summed E-state index contributed by atoms with van der Waals surface area (Å²) in [6.45, 7) is 4.24. The van der Waals surface area contributed by atoms with E-state index in [0.29, 0.717) is 19.4 Å². The number of hydrogen-bond acceptors (Lipinski definition) is 4. The van der Waals surface area contributed by atoms with Crippen molar-refractivity contribution in [2.45, 2.75) is 51.0 Å². The minimum absolute atomic E-state index is 0.00663. The maximum atomic E-state index is 12.5. The molecule has 0 atom stereocenters. The smallest absolute Gasteiger partial charge is 0.407 e. The van der Waals surface area contributed by atoms with Gasteiger partial charge in [-0.3, -0.25) is 9.59 Å². The monoisotopic (exact) mass is 438 g/mol. The Labute approximate surface area is 188 Å². The number of amides is 2. The minimum atomic E-state index is -0.882. The first-order valence-electron chi connectivity index (χ1n) is 10.9. The number of benzene rings is 2. The minimum Gasteiger partial charge on any atom is -0.481 e. The number of fused-ring (bicyclic) bond motifs is 3. The van der Waals surface area contributed by atoms with Crippen LogP contribution in [0.2, 0.25) is 0 Å². The number of nitrogens with one attached hydrogen (secondary N) is 2. The molecule has 7 heteroatoms. The van der Waals surface area contributed by atoms with Gasteiger partial charge >= 0.3 is 12.1 Å². The molecule has 0 aliphatic heterocycles. The van der Waals surface area contributed by atoms with E-state index in [4.69, 9.17) is 9.84 Å². The molecule has 2 aromatic carbocycles. The van der Waals surface area contributed by atoms with Crippen molar-refractivity contribution >= 4 is 18.0 Å². The summed E-state index contributed by atoms with van der Waals surface area (Å²) < 4.78 is 5.58. The van der Waals surface area contributed by atoms with Crippen molar-refractivity contribution in [3.8, 4) is 11.1 Å². The lowest BCUT2D eigenvalue weighted by Crippen LogP contribution is -2.44. The lowest BCUT2D eigenvalue weighted by Gasteiger charge is -2.26. The van der Waals surface area contributed by atoms with E-state index < -0.39 is 17.6 Å². The van der Waals surface area contributed by atoms with Gasteiger partial charge in [0.1, 0.15) is 6.61 Å². The van der Waals surface area contributed by atoms with Crippen molar-refractivity contribution in [3.63, 3.8) is 0 Å². The number of carbonyl (C=O) groups is 3. The maximum Gasteiger partial charge on any atom is 0.407 e. The van der Waals surface area contributed by atoms with Gasteiger partial charge in [0.05, 0.1) is 0 Å². The summed E-state index contributed by atoms with van der Waals surface area (Å²) >= 11 is 0. The summed E-state index contributed by atoms with van der Waals surface area (Å²) in [6.07, 6.45) is 0.558.